The third kappa shape index (κ3) is 3.98. The largest absolute Gasteiger partial charge is 0.395 e. The van der Waals surface area contributed by atoms with Crippen molar-refractivity contribution in [3.8, 4) is 11.8 Å². The zero-order valence-electron chi connectivity index (χ0n) is 10.3. The number of carbonyl (C=O) groups excluding carboxylic acids is 1. The van der Waals surface area contributed by atoms with Crippen LogP contribution in [-0.2, 0) is 6.54 Å². The van der Waals surface area contributed by atoms with Gasteiger partial charge in [0, 0.05) is 28.4 Å². The average Bonchev–Trinajstić information content (AvgIpc) is 3.08. The molecule has 0 atom stereocenters. The zero-order valence-corrected chi connectivity index (χ0v) is 11.1. The van der Waals surface area contributed by atoms with E-state index < -0.39 is 0 Å². The van der Waals surface area contributed by atoms with Crippen molar-refractivity contribution in [2.24, 2.45) is 0 Å². The summed E-state index contributed by atoms with van der Waals surface area (Å²) < 4.78 is 0. The number of hydrogen-bond donors (Lipinski definition) is 3. The van der Waals surface area contributed by atoms with Crippen LogP contribution in [0.5, 0.6) is 0 Å². The van der Waals surface area contributed by atoms with E-state index >= 15 is 0 Å². The fourth-order valence-electron chi connectivity index (χ4n) is 1.49. The highest BCUT2D eigenvalue weighted by atomic mass is 32.1. The molecule has 1 amide bonds. The van der Waals surface area contributed by atoms with Crippen molar-refractivity contribution in [3.63, 3.8) is 0 Å². The summed E-state index contributed by atoms with van der Waals surface area (Å²) in [4.78, 5) is 15.6. The quantitative estimate of drug-likeness (QED) is 0.744. The van der Waals surface area contributed by atoms with Gasteiger partial charge in [0.15, 0.2) is 0 Å². The highest BCUT2D eigenvalue weighted by Crippen LogP contribution is 2.13. The summed E-state index contributed by atoms with van der Waals surface area (Å²) in [5.74, 6) is 5.71. The van der Waals surface area contributed by atoms with Crippen LogP contribution in [0.1, 0.15) is 27.3 Å². The molecule has 0 unspecified atom stereocenters. The number of thiophene rings is 1. The van der Waals surface area contributed by atoms with Crippen molar-refractivity contribution >= 4 is 17.2 Å². The molecule has 3 N–H and O–H groups in total. The van der Waals surface area contributed by atoms with Crippen LogP contribution in [0.3, 0.4) is 0 Å². The predicted molar refractivity (Wildman–Crippen MR) is 74.9 cm³/mol. The van der Waals surface area contributed by atoms with E-state index in [1.54, 1.807) is 29.7 Å². The molecule has 0 spiro atoms. The van der Waals surface area contributed by atoms with Crippen LogP contribution in [0, 0.1) is 11.8 Å². The van der Waals surface area contributed by atoms with Crippen LogP contribution >= 0.6 is 11.3 Å². The number of rotatable bonds is 4. The minimum Gasteiger partial charge on any atom is -0.395 e. The van der Waals surface area contributed by atoms with Gasteiger partial charge >= 0.3 is 0 Å². The molecule has 0 aliphatic carbocycles. The number of hydrogen-bond acceptors (Lipinski definition) is 3. The maximum atomic E-state index is 11.7. The summed E-state index contributed by atoms with van der Waals surface area (Å²) in [6.07, 6.45) is 2.20. The molecule has 5 heteroatoms. The van der Waals surface area contributed by atoms with E-state index in [9.17, 15) is 4.79 Å². The van der Waals surface area contributed by atoms with E-state index in [0.29, 0.717) is 18.7 Å². The third-order valence-electron chi connectivity index (χ3n) is 2.39. The Labute approximate surface area is 115 Å². The lowest BCUT2D eigenvalue weighted by Crippen LogP contribution is -2.22. The normalized spacial score (nSPS) is 9.74. The van der Waals surface area contributed by atoms with E-state index in [-0.39, 0.29) is 12.5 Å². The lowest BCUT2D eigenvalue weighted by molar-refractivity contribution is 0.0947. The number of aromatic amines is 1. The maximum absolute atomic E-state index is 11.7. The van der Waals surface area contributed by atoms with E-state index in [1.165, 1.54) is 0 Å². The fourth-order valence-corrected chi connectivity index (χ4v) is 2.25. The summed E-state index contributed by atoms with van der Waals surface area (Å²) in [6.45, 7) is 0.570. The van der Waals surface area contributed by atoms with Crippen molar-refractivity contribution < 1.29 is 9.90 Å². The van der Waals surface area contributed by atoms with Gasteiger partial charge in [0.2, 0.25) is 0 Å². The zero-order chi connectivity index (χ0) is 13.5. The molecule has 2 aromatic rings. The second-order valence-electron chi connectivity index (χ2n) is 3.84. The lowest BCUT2D eigenvalue weighted by Gasteiger charge is -2.00. The van der Waals surface area contributed by atoms with Crippen molar-refractivity contribution in [2.45, 2.75) is 13.0 Å². The molecule has 2 rings (SSSR count). The highest BCUT2D eigenvalue weighted by molar-refractivity contribution is 7.10. The number of aliphatic hydroxyl groups excluding tert-OH is 1. The Morgan fingerprint density at radius 3 is 3.16 bits per heavy atom. The van der Waals surface area contributed by atoms with Gasteiger partial charge in [-0.15, -0.1) is 11.3 Å². The first-order chi connectivity index (χ1) is 9.29. The van der Waals surface area contributed by atoms with E-state index in [2.05, 4.69) is 22.1 Å². The minimum atomic E-state index is -0.119. The van der Waals surface area contributed by atoms with Gasteiger partial charge in [-0.2, -0.15) is 0 Å². The highest BCUT2D eigenvalue weighted by Gasteiger charge is 2.05. The molecule has 0 saturated carbocycles. The van der Waals surface area contributed by atoms with Gasteiger partial charge in [0.05, 0.1) is 13.2 Å². The van der Waals surface area contributed by atoms with Gasteiger partial charge < -0.3 is 15.4 Å². The summed E-state index contributed by atoms with van der Waals surface area (Å²) in [5.41, 5.74) is 1.47. The summed E-state index contributed by atoms with van der Waals surface area (Å²) >= 11 is 1.56. The van der Waals surface area contributed by atoms with Gasteiger partial charge in [-0.25, -0.2) is 0 Å². The Kier molecular flexibility index (Phi) is 4.78. The number of H-pyrrole nitrogens is 1. The van der Waals surface area contributed by atoms with E-state index in [4.69, 9.17) is 5.11 Å². The average molecular weight is 274 g/mol. The molecular weight excluding hydrogens is 260 g/mol. The minimum absolute atomic E-state index is 0.0796. The molecule has 0 aliphatic heterocycles. The van der Waals surface area contributed by atoms with Gasteiger partial charge in [-0.3, -0.25) is 4.79 Å². The molecule has 19 heavy (non-hydrogen) atoms. The van der Waals surface area contributed by atoms with Crippen molar-refractivity contribution in [2.75, 3.05) is 6.61 Å². The molecule has 0 bridgehead atoms. The molecule has 2 aromatic heterocycles. The van der Waals surface area contributed by atoms with Gasteiger partial charge in [0.25, 0.3) is 5.91 Å². The molecule has 0 fully saturated rings. The Morgan fingerprint density at radius 1 is 1.53 bits per heavy atom. The monoisotopic (exact) mass is 274 g/mol. The van der Waals surface area contributed by atoms with E-state index in [1.807, 2.05) is 11.4 Å². The molecule has 4 nitrogen and oxygen atoms in total. The van der Waals surface area contributed by atoms with Crippen molar-refractivity contribution in [1.82, 2.24) is 10.3 Å². The van der Waals surface area contributed by atoms with E-state index in [0.717, 1.165) is 10.4 Å². The number of carbonyl (C=O) groups is 1. The molecular formula is C14H14N2O2S. The van der Waals surface area contributed by atoms with Crippen LogP contribution < -0.4 is 5.32 Å². The number of amides is 1. The van der Waals surface area contributed by atoms with Crippen LogP contribution in [0.25, 0.3) is 0 Å². The Balaban J connectivity index is 1.87. The van der Waals surface area contributed by atoms with Crippen molar-refractivity contribution in [3.05, 3.63) is 45.9 Å². The molecule has 98 valence electrons. The molecule has 2 heterocycles. The second kappa shape index (κ2) is 6.78. The third-order valence-corrected chi connectivity index (χ3v) is 3.33. The Morgan fingerprint density at radius 2 is 2.42 bits per heavy atom. The predicted octanol–water partition coefficient (Wildman–Crippen LogP) is 1.74. The van der Waals surface area contributed by atoms with Crippen LogP contribution in [-0.4, -0.2) is 22.6 Å². The molecule has 0 aliphatic rings. The first-order valence-corrected chi connectivity index (χ1v) is 6.76. The van der Waals surface area contributed by atoms with Gasteiger partial charge in [-0.05, 0) is 18.2 Å². The maximum Gasteiger partial charge on any atom is 0.267 e. The Hall–Kier alpha value is -2.03. The number of aromatic nitrogens is 1. The molecule has 0 aromatic carbocycles. The smallest absolute Gasteiger partial charge is 0.267 e. The van der Waals surface area contributed by atoms with Gasteiger partial charge in [0.1, 0.15) is 5.69 Å². The molecule has 0 radical (unpaired) electrons. The summed E-state index contributed by atoms with van der Waals surface area (Å²) in [7, 11) is 0. The standard InChI is InChI=1S/C14H14N2O2S/c17-7-2-1-4-11-8-12(19-10-11)9-16-14(18)13-5-3-6-15-13/h3,5-6,8,10,15,17H,2,7,9H2,(H,16,18). The van der Waals surface area contributed by atoms with Crippen LogP contribution in [0.15, 0.2) is 29.8 Å². The second-order valence-corrected chi connectivity index (χ2v) is 4.84. The Bertz CT molecular complexity index is 590. The summed E-state index contributed by atoms with van der Waals surface area (Å²) in [6, 6.07) is 5.47. The topological polar surface area (TPSA) is 65.1 Å². The van der Waals surface area contributed by atoms with Gasteiger partial charge in [-0.1, -0.05) is 11.8 Å². The summed E-state index contributed by atoms with van der Waals surface area (Å²) in [5, 5.41) is 13.4. The van der Waals surface area contributed by atoms with Crippen molar-refractivity contribution in [1.29, 1.82) is 0 Å². The number of aliphatic hydroxyl groups is 1. The fraction of sp³-hybridized carbons (Fsp3) is 0.214. The number of nitrogens with one attached hydrogen (secondary N) is 2. The van der Waals surface area contributed by atoms with Crippen LogP contribution in [0.2, 0.25) is 0 Å². The lowest BCUT2D eigenvalue weighted by atomic mass is 10.3. The SMILES string of the molecule is O=C(NCc1cc(C#CCCO)cs1)c1ccc[nH]1. The van der Waals surface area contributed by atoms with Crippen LogP contribution in [0.4, 0.5) is 0 Å². The first kappa shape index (κ1) is 13.4. The first-order valence-electron chi connectivity index (χ1n) is 5.88. The molecule has 0 saturated heterocycles.